The zero-order valence-electron chi connectivity index (χ0n) is 17.6. The fraction of sp³-hybridized carbons (Fsp3) is 0.458. The third-order valence-corrected chi connectivity index (χ3v) is 9.69. The lowest BCUT2D eigenvalue weighted by atomic mass is 9.84. The normalized spacial score (nSPS) is 25.5. The van der Waals surface area contributed by atoms with Crippen molar-refractivity contribution >= 4 is 33.2 Å². The minimum Gasteiger partial charge on any atom is -0.349 e. The number of halogens is 1. The summed E-state index contributed by atoms with van der Waals surface area (Å²) in [6.07, 6.45) is 5.70. The van der Waals surface area contributed by atoms with Crippen LogP contribution in [0.4, 0.5) is 5.69 Å². The van der Waals surface area contributed by atoms with Crippen molar-refractivity contribution in [2.75, 3.05) is 10.8 Å². The Balaban J connectivity index is 1.38. The highest BCUT2D eigenvalue weighted by atomic mass is 35.5. The molecule has 2 aliphatic carbocycles. The standard InChI is InChI=1S/C24H27ClN2O3S/c1-15(20-13-16-6-7-18(20)12-16)26-24(28)19-8-9-21(25)23(14-19)31(29,30)27-11-10-17-4-2-3-5-22(17)27/h2-5,8-9,14-16,18,20H,6-7,10-13H2,1H3,(H,26,28)/t15-,16+,18+,20+/m1/s1. The minimum atomic E-state index is -3.87. The van der Waals surface area contributed by atoms with Gasteiger partial charge >= 0.3 is 0 Å². The van der Waals surface area contributed by atoms with E-state index in [0.717, 1.165) is 11.5 Å². The van der Waals surface area contributed by atoms with Crippen LogP contribution in [-0.4, -0.2) is 26.9 Å². The second-order valence-corrected chi connectivity index (χ2v) is 11.4. The molecule has 3 aliphatic rings. The molecule has 2 saturated carbocycles. The Labute approximate surface area is 188 Å². The van der Waals surface area contributed by atoms with Crippen LogP contribution in [0.15, 0.2) is 47.4 Å². The molecule has 7 heteroatoms. The van der Waals surface area contributed by atoms with E-state index in [4.69, 9.17) is 11.6 Å². The summed E-state index contributed by atoms with van der Waals surface area (Å²) in [5, 5.41) is 3.24. The zero-order chi connectivity index (χ0) is 21.8. The van der Waals surface area contributed by atoms with Gasteiger partial charge in [0.1, 0.15) is 4.90 Å². The van der Waals surface area contributed by atoms with E-state index in [1.165, 1.54) is 42.1 Å². The Morgan fingerprint density at radius 1 is 1.16 bits per heavy atom. The molecule has 0 radical (unpaired) electrons. The van der Waals surface area contributed by atoms with E-state index in [1.54, 1.807) is 12.1 Å². The number of hydrogen-bond donors (Lipinski definition) is 1. The van der Waals surface area contributed by atoms with E-state index in [2.05, 4.69) is 12.2 Å². The number of amides is 1. The number of fused-ring (bicyclic) bond motifs is 3. The van der Waals surface area contributed by atoms with Crippen molar-refractivity contribution in [2.45, 2.75) is 50.0 Å². The van der Waals surface area contributed by atoms with E-state index in [1.807, 2.05) is 18.2 Å². The quantitative estimate of drug-likeness (QED) is 0.709. The number of nitrogens with zero attached hydrogens (tertiary/aromatic N) is 1. The average Bonchev–Trinajstić information content (AvgIpc) is 3.49. The fourth-order valence-corrected chi connectivity index (χ4v) is 7.83. The van der Waals surface area contributed by atoms with Gasteiger partial charge in [-0.05, 0) is 80.2 Å². The summed E-state index contributed by atoms with van der Waals surface area (Å²) in [4.78, 5) is 12.9. The number of hydrogen-bond acceptors (Lipinski definition) is 3. The highest BCUT2D eigenvalue weighted by Gasteiger charge is 2.42. The number of nitrogens with one attached hydrogen (secondary N) is 1. The predicted octanol–water partition coefficient (Wildman–Crippen LogP) is 4.65. The maximum Gasteiger partial charge on any atom is 0.265 e. The SMILES string of the molecule is C[C@@H](NC(=O)c1ccc(Cl)c(S(=O)(=O)N2CCc3ccccc32)c1)[C@@H]1C[C@H]2CC[C@H]1C2. The molecule has 164 valence electrons. The van der Waals surface area contributed by atoms with Crippen LogP contribution in [0.25, 0.3) is 0 Å². The van der Waals surface area contributed by atoms with Crippen LogP contribution in [0.3, 0.4) is 0 Å². The molecule has 4 atom stereocenters. The molecule has 0 spiro atoms. The summed E-state index contributed by atoms with van der Waals surface area (Å²) in [6, 6.07) is 12.1. The highest BCUT2D eigenvalue weighted by molar-refractivity contribution is 7.93. The van der Waals surface area contributed by atoms with Crippen LogP contribution in [0.1, 0.15) is 48.5 Å². The number of para-hydroxylation sites is 1. The molecule has 0 unspecified atom stereocenters. The maximum atomic E-state index is 13.4. The number of anilines is 1. The fourth-order valence-electron chi connectivity index (χ4n) is 5.82. The lowest BCUT2D eigenvalue weighted by Crippen LogP contribution is -2.40. The van der Waals surface area contributed by atoms with Crippen LogP contribution >= 0.6 is 11.6 Å². The van der Waals surface area contributed by atoms with E-state index in [-0.39, 0.29) is 21.9 Å². The molecule has 1 aliphatic heterocycles. The van der Waals surface area contributed by atoms with Gasteiger partial charge in [-0.2, -0.15) is 0 Å². The van der Waals surface area contributed by atoms with Gasteiger partial charge in [0, 0.05) is 18.2 Å². The van der Waals surface area contributed by atoms with Gasteiger partial charge in [0.05, 0.1) is 10.7 Å². The average molecular weight is 459 g/mol. The van der Waals surface area contributed by atoms with Gasteiger partial charge in [0.25, 0.3) is 15.9 Å². The number of sulfonamides is 1. The summed E-state index contributed by atoms with van der Waals surface area (Å²) < 4.78 is 28.2. The largest absolute Gasteiger partial charge is 0.349 e. The third kappa shape index (κ3) is 3.64. The summed E-state index contributed by atoms with van der Waals surface area (Å²) >= 11 is 6.31. The number of carbonyl (C=O) groups excluding carboxylic acids is 1. The molecule has 5 rings (SSSR count). The molecular weight excluding hydrogens is 432 g/mol. The Morgan fingerprint density at radius 3 is 2.71 bits per heavy atom. The Kier molecular flexibility index (Phi) is 5.25. The molecule has 2 fully saturated rings. The van der Waals surface area contributed by atoms with Gasteiger partial charge in [-0.25, -0.2) is 8.42 Å². The Morgan fingerprint density at radius 2 is 1.97 bits per heavy atom. The first-order valence-electron chi connectivity index (χ1n) is 11.1. The molecule has 5 nitrogen and oxygen atoms in total. The maximum absolute atomic E-state index is 13.4. The van der Waals surface area contributed by atoms with Crippen molar-refractivity contribution in [3.8, 4) is 0 Å². The van der Waals surface area contributed by atoms with E-state index >= 15 is 0 Å². The lowest BCUT2D eigenvalue weighted by molar-refractivity contribution is 0.0915. The van der Waals surface area contributed by atoms with Crippen LogP contribution in [-0.2, 0) is 16.4 Å². The minimum absolute atomic E-state index is 0.0221. The number of rotatable bonds is 5. The van der Waals surface area contributed by atoms with E-state index in [0.29, 0.717) is 36.1 Å². The first-order valence-corrected chi connectivity index (χ1v) is 12.9. The van der Waals surface area contributed by atoms with Crippen molar-refractivity contribution in [1.82, 2.24) is 5.32 Å². The van der Waals surface area contributed by atoms with Gasteiger partial charge in [-0.3, -0.25) is 9.10 Å². The van der Waals surface area contributed by atoms with E-state index in [9.17, 15) is 13.2 Å². The molecule has 2 bridgehead atoms. The first-order chi connectivity index (χ1) is 14.8. The molecule has 1 N–H and O–H groups in total. The summed E-state index contributed by atoms with van der Waals surface area (Å²) in [7, 11) is -3.87. The predicted molar refractivity (Wildman–Crippen MR) is 122 cm³/mol. The van der Waals surface area contributed by atoms with Gasteiger partial charge in [-0.15, -0.1) is 0 Å². The second kappa shape index (κ2) is 7.82. The topological polar surface area (TPSA) is 66.5 Å². The Hall–Kier alpha value is -2.05. The third-order valence-electron chi connectivity index (χ3n) is 7.40. The molecule has 1 heterocycles. The van der Waals surface area contributed by atoms with Crippen LogP contribution in [0.5, 0.6) is 0 Å². The smallest absolute Gasteiger partial charge is 0.265 e. The van der Waals surface area contributed by atoms with Crippen molar-refractivity contribution in [1.29, 1.82) is 0 Å². The van der Waals surface area contributed by atoms with Crippen LogP contribution < -0.4 is 9.62 Å². The number of benzene rings is 2. The summed E-state index contributed by atoms with van der Waals surface area (Å²) in [6.45, 7) is 2.44. The Bertz CT molecular complexity index is 1130. The van der Waals surface area contributed by atoms with Crippen molar-refractivity contribution in [3.63, 3.8) is 0 Å². The molecule has 2 aromatic rings. The van der Waals surface area contributed by atoms with Gasteiger partial charge in [0.2, 0.25) is 0 Å². The first kappa shape index (κ1) is 20.8. The van der Waals surface area contributed by atoms with Crippen molar-refractivity contribution in [3.05, 3.63) is 58.6 Å². The summed E-state index contributed by atoms with van der Waals surface area (Å²) in [5.41, 5.74) is 2.00. The zero-order valence-corrected chi connectivity index (χ0v) is 19.1. The van der Waals surface area contributed by atoms with Gasteiger partial charge < -0.3 is 5.32 Å². The van der Waals surface area contributed by atoms with Gasteiger partial charge in [0.15, 0.2) is 0 Å². The van der Waals surface area contributed by atoms with Crippen molar-refractivity contribution < 1.29 is 13.2 Å². The molecule has 31 heavy (non-hydrogen) atoms. The van der Waals surface area contributed by atoms with Crippen molar-refractivity contribution in [2.24, 2.45) is 17.8 Å². The lowest BCUT2D eigenvalue weighted by Gasteiger charge is -2.28. The molecule has 1 amide bonds. The molecule has 0 aromatic heterocycles. The number of carbonyl (C=O) groups is 1. The van der Waals surface area contributed by atoms with Crippen LogP contribution in [0.2, 0.25) is 5.02 Å². The van der Waals surface area contributed by atoms with Crippen LogP contribution in [0, 0.1) is 17.8 Å². The highest BCUT2D eigenvalue weighted by Crippen LogP contribution is 2.49. The molecule has 0 saturated heterocycles. The summed E-state index contributed by atoms with van der Waals surface area (Å²) in [5.74, 6) is 1.78. The molecular formula is C24H27ClN2O3S. The van der Waals surface area contributed by atoms with E-state index < -0.39 is 10.0 Å². The molecule has 2 aromatic carbocycles. The second-order valence-electron chi connectivity index (χ2n) is 9.20. The monoisotopic (exact) mass is 458 g/mol. The van der Waals surface area contributed by atoms with Gasteiger partial charge in [-0.1, -0.05) is 36.2 Å².